The molecule has 0 spiro atoms. The maximum absolute atomic E-state index is 5.81. The highest BCUT2D eigenvalue weighted by Crippen LogP contribution is 2.35. The van der Waals surface area contributed by atoms with E-state index >= 15 is 0 Å². The Morgan fingerprint density at radius 2 is 1.38 bits per heavy atom. The Morgan fingerprint density at radius 3 is 1.84 bits per heavy atom. The first-order valence-corrected chi connectivity index (χ1v) is 11.5. The van der Waals surface area contributed by atoms with Crippen LogP contribution in [0.2, 0.25) is 0 Å². The minimum absolute atomic E-state index is 0.257. The third kappa shape index (κ3) is 4.81. The predicted molar refractivity (Wildman–Crippen MR) is 123 cm³/mol. The number of epoxide rings is 2. The van der Waals surface area contributed by atoms with Crippen molar-refractivity contribution in [3.8, 4) is 34.0 Å². The summed E-state index contributed by atoms with van der Waals surface area (Å²) in [7, 11) is 0. The van der Waals surface area contributed by atoms with Crippen molar-refractivity contribution in [3.63, 3.8) is 0 Å². The zero-order chi connectivity index (χ0) is 21.9. The molecule has 6 heteroatoms. The molecule has 32 heavy (non-hydrogen) atoms. The summed E-state index contributed by atoms with van der Waals surface area (Å²) < 4.78 is 24.2. The van der Waals surface area contributed by atoms with Crippen molar-refractivity contribution in [1.82, 2.24) is 9.78 Å². The van der Waals surface area contributed by atoms with Gasteiger partial charge in [0.05, 0.1) is 24.6 Å². The second kappa shape index (κ2) is 9.35. The lowest BCUT2D eigenvalue weighted by Gasteiger charge is -2.10. The van der Waals surface area contributed by atoms with E-state index in [1.54, 1.807) is 0 Å². The Hall–Kier alpha value is -2.83. The fourth-order valence-electron chi connectivity index (χ4n) is 3.89. The largest absolute Gasteiger partial charge is 0.491 e. The zero-order valence-corrected chi connectivity index (χ0v) is 18.8. The zero-order valence-electron chi connectivity index (χ0n) is 18.8. The summed E-state index contributed by atoms with van der Waals surface area (Å²) in [6, 6.07) is 16.6. The van der Waals surface area contributed by atoms with Crippen LogP contribution in [0.5, 0.6) is 11.5 Å². The monoisotopic (exact) mass is 434 g/mol. The molecular weight excluding hydrogens is 404 g/mol. The first-order valence-electron chi connectivity index (χ1n) is 11.5. The van der Waals surface area contributed by atoms with E-state index in [9.17, 15) is 0 Å². The number of nitrogens with zero attached hydrogens (tertiary/aromatic N) is 2. The van der Waals surface area contributed by atoms with Crippen LogP contribution in [-0.2, 0) is 22.4 Å². The van der Waals surface area contributed by atoms with E-state index in [0.717, 1.165) is 60.9 Å². The lowest BCUT2D eigenvalue weighted by atomic mass is 9.98. The molecule has 6 nitrogen and oxygen atoms in total. The summed E-state index contributed by atoms with van der Waals surface area (Å²) in [4.78, 5) is 0. The Morgan fingerprint density at radius 1 is 0.844 bits per heavy atom. The average molecular weight is 435 g/mol. The molecule has 0 radical (unpaired) electrons. The molecule has 3 heterocycles. The van der Waals surface area contributed by atoms with E-state index in [1.807, 2.05) is 24.3 Å². The second-order valence-corrected chi connectivity index (χ2v) is 8.32. The fraction of sp³-hybridized carbons (Fsp3) is 0.423. The van der Waals surface area contributed by atoms with E-state index < -0.39 is 0 Å². The molecule has 0 amide bonds. The van der Waals surface area contributed by atoms with E-state index in [-0.39, 0.29) is 12.2 Å². The number of benzene rings is 2. The Kier molecular flexibility index (Phi) is 6.14. The fourth-order valence-corrected chi connectivity index (χ4v) is 3.89. The molecule has 0 bridgehead atoms. The van der Waals surface area contributed by atoms with Gasteiger partial charge in [-0.3, -0.25) is 4.68 Å². The highest BCUT2D eigenvalue weighted by Gasteiger charge is 2.24. The van der Waals surface area contributed by atoms with Crippen molar-refractivity contribution in [2.45, 2.75) is 45.4 Å². The third-order valence-corrected chi connectivity index (χ3v) is 5.78. The molecule has 2 fully saturated rings. The first-order chi connectivity index (χ1) is 15.7. The van der Waals surface area contributed by atoms with Gasteiger partial charge in [-0.25, -0.2) is 0 Å². The topological polar surface area (TPSA) is 61.3 Å². The number of ether oxygens (including phenoxy) is 4. The number of hydrogen-bond donors (Lipinski definition) is 0. The van der Waals surface area contributed by atoms with Crippen molar-refractivity contribution in [2.24, 2.45) is 0 Å². The smallest absolute Gasteiger partial charge is 0.119 e. The van der Waals surface area contributed by atoms with Gasteiger partial charge < -0.3 is 18.9 Å². The SMILES string of the molecule is CCCc1c(-c2ccc(OCC3CO3)cc2)nn(CC)c1-c1ccc(OCC2CO2)cc1. The quantitative estimate of drug-likeness (QED) is 0.408. The minimum atomic E-state index is 0.257. The van der Waals surface area contributed by atoms with Gasteiger partial charge in [-0.05, 0) is 61.9 Å². The summed E-state index contributed by atoms with van der Waals surface area (Å²) in [5.41, 5.74) is 5.80. The van der Waals surface area contributed by atoms with Crippen molar-refractivity contribution >= 4 is 0 Å². The summed E-state index contributed by atoms with van der Waals surface area (Å²) in [6.07, 6.45) is 2.54. The molecule has 5 rings (SSSR count). The molecule has 2 unspecified atom stereocenters. The van der Waals surface area contributed by atoms with Gasteiger partial charge in [0, 0.05) is 23.2 Å². The highest BCUT2D eigenvalue weighted by molar-refractivity contribution is 5.75. The van der Waals surface area contributed by atoms with Crippen molar-refractivity contribution in [2.75, 3.05) is 26.4 Å². The predicted octanol–water partition coefficient (Wildman–Crippen LogP) is 4.74. The maximum atomic E-state index is 5.81. The molecule has 3 aromatic rings. The van der Waals surface area contributed by atoms with Gasteiger partial charge in [-0.1, -0.05) is 13.3 Å². The van der Waals surface area contributed by atoms with Gasteiger partial charge >= 0.3 is 0 Å². The van der Waals surface area contributed by atoms with Gasteiger partial charge in [0.2, 0.25) is 0 Å². The first kappa shape index (κ1) is 21.0. The van der Waals surface area contributed by atoms with E-state index in [0.29, 0.717) is 13.2 Å². The Labute approximate surface area is 189 Å². The van der Waals surface area contributed by atoms with Crippen LogP contribution >= 0.6 is 0 Å². The molecule has 2 aliphatic rings. The van der Waals surface area contributed by atoms with Crippen LogP contribution in [0, 0.1) is 0 Å². The Balaban J connectivity index is 1.42. The molecule has 0 saturated carbocycles. The summed E-state index contributed by atoms with van der Waals surface area (Å²) in [5, 5.41) is 5.01. The second-order valence-electron chi connectivity index (χ2n) is 8.32. The van der Waals surface area contributed by atoms with Crippen LogP contribution in [0.1, 0.15) is 25.8 Å². The van der Waals surface area contributed by atoms with E-state index in [1.165, 1.54) is 11.3 Å². The molecular formula is C26H30N2O4. The minimum Gasteiger partial charge on any atom is -0.491 e. The lowest BCUT2D eigenvalue weighted by molar-refractivity contribution is 0.263. The van der Waals surface area contributed by atoms with Crippen LogP contribution in [0.15, 0.2) is 48.5 Å². The van der Waals surface area contributed by atoms with E-state index in [2.05, 4.69) is 42.8 Å². The van der Waals surface area contributed by atoms with Crippen LogP contribution < -0.4 is 9.47 Å². The molecule has 2 atom stereocenters. The molecule has 2 saturated heterocycles. The summed E-state index contributed by atoms with van der Waals surface area (Å²) in [5.74, 6) is 1.74. The van der Waals surface area contributed by atoms with Gasteiger partial charge in [-0.15, -0.1) is 0 Å². The van der Waals surface area contributed by atoms with Crippen LogP contribution in [0.4, 0.5) is 0 Å². The summed E-state index contributed by atoms with van der Waals surface area (Å²) >= 11 is 0. The Bertz CT molecular complexity index is 1030. The number of aryl methyl sites for hydroxylation is 1. The molecule has 0 aliphatic carbocycles. The van der Waals surface area contributed by atoms with Crippen molar-refractivity contribution < 1.29 is 18.9 Å². The maximum Gasteiger partial charge on any atom is 0.119 e. The molecule has 1 aromatic heterocycles. The molecule has 2 aliphatic heterocycles. The standard InChI is InChI=1S/C26H30N2O4/c1-3-5-24-25(18-6-10-20(11-7-18)29-14-22-16-31-22)27-28(4-2)26(24)19-8-12-21(13-9-19)30-15-23-17-32-23/h6-13,22-23H,3-5,14-17H2,1-2H3. The lowest BCUT2D eigenvalue weighted by Crippen LogP contribution is -2.04. The van der Waals surface area contributed by atoms with Gasteiger partial charge in [-0.2, -0.15) is 5.10 Å². The summed E-state index contributed by atoms with van der Waals surface area (Å²) in [6.45, 7) is 8.00. The van der Waals surface area contributed by atoms with Gasteiger partial charge in [0.15, 0.2) is 0 Å². The average Bonchev–Trinajstić information content (AvgIpc) is 3.76. The normalized spacial score (nSPS) is 19.1. The number of aromatic nitrogens is 2. The molecule has 2 aromatic carbocycles. The van der Waals surface area contributed by atoms with Gasteiger partial charge in [0.1, 0.15) is 36.9 Å². The van der Waals surface area contributed by atoms with E-state index in [4.69, 9.17) is 24.0 Å². The van der Waals surface area contributed by atoms with Crippen LogP contribution in [0.3, 0.4) is 0 Å². The number of rotatable bonds is 11. The van der Waals surface area contributed by atoms with Crippen LogP contribution in [-0.4, -0.2) is 48.4 Å². The van der Waals surface area contributed by atoms with Crippen molar-refractivity contribution in [3.05, 3.63) is 54.1 Å². The number of hydrogen-bond acceptors (Lipinski definition) is 5. The van der Waals surface area contributed by atoms with Crippen LogP contribution in [0.25, 0.3) is 22.5 Å². The third-order valence-electron chi connectivity index (χ3n) is 5.78. The molecule has 168 valence electrons. The molecule has 0 N–H and O–H groups in total. The highest BCUT2D eigenvalue weighted by atomic mass is 16.6. The van der Waals surface area contributed by atoms with Crippen molar-refractivity contribution in [1.29, 1.82) is 0 Å². The van der Waals surface area contributed by atoms with Gasteiger partial charge in [0.25, 0.3) is 0 Å².